The molecule has 1 heterocycles. The maximum Gasteiger partial charge on any atom is 0.145 e. The molecule has 0 spiro atoms. The van der Waals surface area contributed by atoms with Crippen molar-refractivity contribution in [2.45, 2.75) is 33.2 Å². The van der Waals surface area contributed by atoms with E-state index in [1.165, 1.54) is 16.7 Å². The van der Waals surface area contributed by atoms with E-state index in [2.05, 4.69) is 59.5 Å². The largest absolute Gasteiger partial charge is 0.304 e. The minimum absolute atomic E-state index is 0.0901. The molecule has 1 atom stereocenters. The number of nitrogens with one attached hydrogen (secondary N) is 2. The summed E-state index contributed by atoms with van der Waals surface area (Å²) < 4.78 is 0. The Morgan fingerprint density at radius 3 is 2.83 bits per heavy atom. The van der Waals surface area contributed by atoms with Gasteiger partial charge in [-0.1, -0.05) is 30.7 Å². The van der Waals surface area contributed by atoms with Crippen LogP contribution in [0.3, 0.4) is 0 Å². The van der Waals surface area contributed by atoms with Gasteiger partial charge in [0.1, 0.15) is 12.2 Å². The summed E-state index contributed by atoms with van der Waals surface area (Å²) in [6.07, 6.45) is 2.65. The van der Waals surface area contributed by atoms with Crippen molar-refractivity contribution in [3.8, 4) is 0 Å². The second-order valence-electron chi connectivity index (χ2n) is 4.62. The first-order valence-electron chi connectivity index (χ1n) is 6.38. The van der Waals surface area contributed by atoms with E-state index < -0.39 is 0 Å². The number of rotatable bonds is 5. The molecular weight excluding hydrogens is 224 g/mol. The van der Waals surface area contributed by atoms with Crippen molar-refractivity contribution in [1.29, 1.82) is 0 Å². The van der Waals surface area contributed by atoms with Gasteiger partial charge in [0.25, 0.3) is 0 Å². The summed E-state index contributed by atoms with van der Waals surface area (Å²) in [7, 11) is 0. The van der Waals surface area contributed by atoms with Crippen LogP contribution < -0.4 is 5.32 Å². The zero-order valence-corrected chi connectivity index (χ0v) is 11.2. The Morgan fingerprint density at radius 1 is 1.33 bits per heavy atom. The molecule has 0 amide bonds. The molecule has 0 aliphatic rings. The highest BCUT2D eigenvalue weighted by atomic mass is 15.2. The zero-order chi connectivity index (χ0) is 13.0. The van der Waals surface area contributed by atoms with E-state index in [4.69, 9.17) is 0 Å². The highest BCUT2D eigenvalue weighted by Crippen LogP contribution is 2.23. The topological polar surface area (TPSA) is 53.6 Å². The van der Waals surface area contributed by atoms with Crippen LogP contribution in [0.5, 0.6) is 0 Å². The predicted molar refractivity (Wildman–Crippen MR) is 72.4 cm³/mol. The second kappa shape index (κ2) is 5.78. The van der Waals surface area contributed by atoms with Gasteiger partial charge in [-0.15, -0.1) is 0 Å². The number of benzene rings is 1. The van der Waals surface area contributed by atoms with Crippen molar-refractivity contribution in [2.24, 2.45) is 0 Å². The van der Waals surface area contributed by atoms with Crippen molar-refractivity contribution < 1.29 is 0 Å². The number of hydrogen-bond donors (Lipinski definition) is 2. The molecule has 0 bridgehead atoms. The quantitative estimate of drug-likeness (QED) is 0.849. The lowest BCUT2D eigenvalue weighted by atomic mass is 9.98. The summed E-state index contributed by atoms with van der Waals surface area (Å²) in [5.41, 5.74) is 3.80. The Kier molecular flexibility index (Phi) is 4.10. The molecule has 1 aromatic heterocycles. The Bertz CT molecular complexity index is 491. The molecule has 0 saturated carbocycles. The van der Waals surface area contributed by atoms with Gasteiger partial charge in [-0.2, -0.15) is 5.10 Å². The lowest BCUT2D eigenvalue weighted by Crippen LogP contribution is -2.25. The standard InChI is InChI=1S/C14H20N4/c1-4-7-15-13(14-16-9-17-18-14)12-8-10(2)5-6-11(12)3/h5-6,8-9,13,15H,4,7H2,1-3H3,(H,16,17,18). The number of nitrogens with zero attached hydrogens (tertiary/aromatic N) is 2. The number of hydrogen-bond acceptors (Lipinski definition) is 3. The van der Waals surface area contributed by atoms with E-state index in [9.17, 15) is 0 Å². The average molecular weight is 244 g/mol. The third-order valence-corrected chi connectivity index (χ3v) is 3.05. The fourth-order valence-electron chi connectivity index (χ4n) is 2.07. The van der Waals surface area contributed by atoms with E-state index in [1.807, 2.05) is 0 Å². The van der Waals surface area contributed by atoms with Gasteiger partial charge >= 0.3 is 0 Å². The van der Waals surface area contributed by atoms with Crippen LogP contribution in [0.2, 0.25) is 0 Å². The van der Waals surface area contributed by atoms with Gasteiger partial charge in [0.15, 0.2) is 0 Å². The Morgan fingerprint density at radius 2 is 2.17 bits per heavy atom. The zero-order valence-electron chi connectivity index (χ0n) is 11.2. The van der Waals surface area contributed by atoms with Crippen molar-refractivity contribution in [3.05, 3.63) is 47.0 Å². The molecule has 18 heavy (non-hydrogen) atoms. The highest BCUT2D eigenvalue weighted by Gasteiger charge is 2.18. The Balaban J connectivity index is 2.36. The third-order valence-electron chi connectivity index (χ3n) is 3.05. The summed E-state index contributed by atoms with van der Waals surface area (Å²) in [4.78, 5) is 4.29. The minimum Gasteiger partial charge on any atom is -0.304 e. The van der Waals surface area contributed by atoms with Crippen LogP contribution in [0, 0.1) is 13.8 Å². The molecule has 0 fully saturated rings. The number of aromatic amines is 1. The fourth-order valence-corrected chi connectivity index (χ4v) is 2.07. The summed E-state index contributed by atoms with van der Waals surface area (Å²) in [6, 6.07) is 6.59. The van der Waals surface area contributed by atoms with Gasteiger partial charge in [-0.05, 0) is 37.9 Å². The van der Waals surface area contributed by atoms with Crippen molar-refractivity contribution in [1.82, 2.24) is 20.5 Å². The van der Waals surface area contributed by atoms with Gasteiger partial charge in [0, 0.05) is 0 Å². The molecule has 4 heteroatoms. The van der Waals surface area contributed by atoms with Crippen LogP contribution in [-0.2, 0) is 0 Å². The summed E-state index contributed by atoms with van der Waals surface area (Å²) >= 11 is 0. The summed E-state index contributed by atoms with van der Waals surface area (Å²) in [5, 5.41) is 10.4. The van der Waals surface area contributed by atoms with Crippen LogP contribution in [0.15, 0.2) is 24.5 Å². The minimum atomic E-state index is 0.0901. The molecule has 96 valence electrons. The average Bonchev–Trinajstić information content (AvgIpc) is 2.88. The summed E-state index contributed by atoms with van der Waals surface area (Å²) in [6.45, 7) is 7.36. The molecule has 4 nitrogen and oxygen atoms in total. The number of aromatic nitrogens is 3. The van der Waals surface area contributed by atoms with Gasteiger partial charge in [-0.25, -0.2) is 4.98 Å². The molecule has 1 aromatic carbocycles. The normalized spacial score (nSPS) is 12.6. The van der Waals surface area contributed by atoms with Crippen LogP contribution >= 0.6 is 0 Å². The van der Waals surface area contributed by atoms with E-state index in [-0.39, 0.29) is 6.04 Å². The molecule has 2 aromatic rings. The van der Waals surface area contributed by atoms with Gasteiger partial charge in [0.05, 0.1) is 6.04 Å². The highest BCUT2D eigenvalue weighted by molar-refractivity contribution is 5.35. The fraction of sp³-hybridized carbons (Fsp3) is 0.429. The SMILES string of the molecule is CCCNC(c1ncn[nH]1)c1cc(C)ccc1C. The maximum absolute atomic E-state index is 4.29. The van der Waals surface area contributed by atoms with E-state index in [0.29, 0.717) is 0 Å². The van der Waals surface area contributed by atoms with Crippen molar-refractivity contribution in [3.63, 3.8) is 0 Å². The van der Waals surface area contributed by atoms with Crippen LogP contribution in [0.4, 0.5) is 0 Å². The molecule has 0 saturated heterocycles. The molecule has 2 N–H and O–H groups in total. The molecular formula is C14H20N4. The first kappa shape index (κ1) is 12.8. The van der Waals surface area contributed by atoms with Crippen molar-refractivity contribution in [2.75, 3.05) is 6.54 Å². The maximum atomic E-state index is 4.29. The van der Waals surface area contributed by atoms with Crippen LogP contribution in [-0.4, -0.2) is 21.7 Å². The summed E-state index contributed by atoms with van der Waals surface area (Å²) in [5.74, 6) is 0.872. The first-order chi connectivity index (χ1) is 8.72. The van der Waals surface area contributed by atoms with E-state index >= 15 is 0 Å². The Labute approximate surface area is 108 Å². The second-order valence-corrected chi connectivity index (χ2v) is 4.62. The van der Waals surface area contributed by atoms with E-state index in [0.717, 1.165) is 18.8 Å². The van der Waals surface area contributed by atoms with E-state index in [1.54, 1.807) is 6.33 Å². The van der Waals surface area contributed by atoms with Crippen LogP contribution in [0.1, 0.15) is 41.9 Å². The third kappa shape index (κ3) is 2.76. The molecule has 1 unspecified atom stereocenters. The van der Waals surface area contributed by atoms with Gasteiger partial charge in [-0.3, -0.25) is 5.10 Å². The molecule has 0 aliphatic heterocycles. The lowest BCUT2D eigenvalue weighted by Gasteiger charge is -2.19. The van der Waals surface area contributed by atoms with Gasteiger partial charge in [0.2, 0.25) is 0 Å². The van der Waals surface area contributed by atoms with Crippen molar-refractivity contribution >= 4 is 0 Å². The molecule has 0 radical (unpaired) electrons. The monoisotopic (exact) mass is 244 g/mol. The lowest BCUT2D eigenvalue weighted by molar-refractivity contribution is 0.571. The molecule has 0 aliphatic carbocycles. The number of aryl methyl sites for hydroxylation is 2. The predicted octanol–water partition coefficient (Wildman–Crippen LogP) is 2.51. The first-order valence-corrected chi connectivity index (χ1v) is 6.38. The number of H-pyrrole nitrogens is 1. The Hall–Kier alpha value is -1.68. The molecule has 2 rings (SSSR count). The van der Waals surface area contributed by atoms with Gasteiger partial charge < -0.3 is 5.32 Å². The van der Waals surface area contributed by atoms with Crippen LogP contribution in [0.25, 0.3) is 0 Å². The smallest absolute Gasteiger partial charge is 0.145 e.